The van der Waals surface area contributed by atoms with Crippen LogP contribution in [0, 0.1) is 0 Å². The van der Waals surface area contributed by atoms with E-state index < -0.39 is 17.1 Å². The van der Waals surface area contributed by atoms with E-state index in [-0.39, 0.29) is 23.9 Å². The fraction of sp³-hybridized carbons (Fsp3) is 0.100. The van der Waals surface area contributed by atoms with E-state index in [0.29, 0.717) is 45.4 Å². The zero-order valence-corrected chi connectivity index (χ0v) is 29.0. The summed E-state index contributed by atoms with van der Waals surface area (Å²) in [5.41, 5.74) is 3.21. The van der Waals surface area contributed by atoms with Crippen LogP contribution in [0.5, 0.6) is 11.5 Å². The number of carbonyl (C=O) groups excluding carboxylic acids is 4. The fourth-order valence-electron chi connectivity index (χ4n) is 5.28. The van der Waals surface area contributed by atoms with Gasteiger partial charge in [0.15, 0.2) is 11.5 Å². The first-order chi connectivity index (χ1) is 25.3. The normalized spacial score (nSPS) is 14.4. The Kier molecular flexibility index (Phi) is 11.2. The smallest absolute Gasteiger partial charge is 0.272 e. The van der Waals surface area contributed by atoms with Crippen LogP contribution in [0.4, 0.5) is 22.7 Å². The first-order valence-electron chi connectivity index (χ1n) is 16.1. The van der Waals surface area contributed by atoms with Crippen LogP contribution in [0.1, 0.15) is 22.3 Å². The molecule has 0 aliphatic carbocycles. The van der Waals surface area contributed by atoms with E-state index in [1.165, 1.54) is 30.9 Å². The van der Waals surface area contributed by atoms with Crippen molar-refractivity contribution in [3.8, 4) is 11.5 Å². The van der Waals surface area contributed by atoms with Crippen LogP contribution in [0.3, 0.4) is 0 Å². The van der Waals surface area contributed by atoms with E-state index in [1.807, 2.05) is 30.3 Å². The van der Waals surface area contributed by atoms with Gasteiger partial charge in [-0.05, 0) is 96.6 Å². The summed E-state index contributed by atoms with van der Waals surface area (Å²) in [6.07, 6.45) is 1.59. The lowest BCUT2D eigenvalue weighted by Gasteiger charge is -2.15. The predicted molar refractivity (Wildman–Crippen MR) is 200 cm³/mol. The number of amides is 4. The zero-order valence-electron chi connectivity index (χ0n) is 28.2. The summed E-state index contributed by atoms with van der Waals surface area (Å²) in [7, 11) is 3.04. The molecule has 1 fully saturated rings. The Labute approximate surface area is 304 Å². The Balaban J connectivity index is 1.12. The van der Waals surface area contributed by atoms with Crippen molar-refractivity contribution in [3.63, 3.8) is 0 Å². The first-order valence-corrected chi connectivity index (χ1v) is 17.0. The minimum absolute atomic E-state index is 0.00183. The van der Waals surface area contributed by atoms with Gasteiger partial charge in [0.05, 0.1) is 36.5 Å². The lowest BCUT2D eigenvalue weighted by atomic mass is 10.1. The summed E-state index contributed by atoms with van der Waals surface area (Å²) in [6, 6.07) is 36.7. The van der Waals surface area contributed by atoms with Crippen LogP contribution in [-0.4, -0.2) is 43.1 Å². The van der Waals surface area contributed by atoms with Gasteiger partial charge in [-0.15, -0.1) is 11.8 Å². The third-order valence-corrected chi connectivity index (χ3v) is 9.09. The molecular weight excluding hydrogens is 679 g/mol. The van der Waals surface area contributed by atoms with E-state index in [2.05, 4.69) is 20.9 Å². The van der Waals surface area contributed by atoms with Gasteiger partial charge in [0.25, 0.3) is 11.8 Å². The summed E-state index contributed by atoms with van der Waals surface area (Å²) in [4.78, 5) is 54.8. The maximum atomic E-state index is 13.5. The van der Waals surface area contributed by atoms with Gasteiger partial charge < -0.3 is 20.1 Å². The van der Waals surface area contributed by atoms with Crippen molar-refractivity contribution >= 4 is 64.2 Å². The van der Waals surface area contributed by atoms with Crippen molar-refractivity contribution < 1.29 is 28.7 Å². The molecule has 4 amide bonds. The topological polar surface area (TPSA) is 139 Å². The molecule has 1 heterocycles. The lowest BCUT2D eigenvalue weighted by molar-refractivity contribution is -0.121. The summed E-state index contributed by atoms with van der Waals surface area (Å²) >= 11 is 1.27. The van der Waals surface area contributed by atoms with Gasteiger partial charge in [-0.25, -0.2) is 4.90 Å². The van der Waals surface area contributed by atoms with Crippen molar-refractivity contribution in [1.82, 2.24) is 5.32 Å². The molecule has 0 saturated carbocycles. The number of ether oxygens (including phenoxy) is 2. The van der Waals surface area contributed by atoms with Gasteiger partial charge in [0.2, 0.25) is 11.8 Å². The molecular formula is C40H33N5O6S. The Morgan fingerprint density at radius 1 is 0.769 bits per heavy atom. The van der Waals surface area contributed by atoms with Crippen molar-refractivity contribution in [3.05, 3.63) is 144 Å². The number of benzene rings is 5. The molecule has 52 heavy (non-hydrogen) atoms. The lowest BCUT2D eigenvalue weighted by Crippen LogP contribution is -2.31. The standard InChI is InChI=1S/C40H33N5O6S/c1-50-34-22-13-26(24-35(34)51-2)23-33(42-38(47)27-9-5-3-6-10-27)39(48)41-28-16-20-32(21-17-28)52-36-25-37(46)45(40(36)49)31-18-14-30(15-19-31)44-43-29-11-7-4-8-12-29/h3-24,36H,25H2,1-2H3,(H,41,48)(H,42,47). The van der Waals surface area contributed by atoms with E-state index in [0.717, 1.165) is 4.90 Å². The second-order valence-corrected chi connectivity index (χ2v) is 12.7. The highest BCUT2D eigenvalue weighted by Crippen LogP contribution is 2.35. The molecule has 6 rings (SSSR count). The number of azo groups is 1. The molecule has 1 aliphatic heterocycles. The van der Waals surface area contributed by atoms with Crippen LogP contribution < -0.4 is 25.0 Å². The number of carbonyl (C=O) groups is 4. The summed E-state index contributed by atoms with van der Waals surface area (Å²) in [5.74, 6) is -0.641. The number of hydrogen-bond acceptors (Lipinski definition) is 9. The van der Waals surface area contributed by atoms with Gasteiger partial charge in [0.1, 0.15) is 5.70 Å². The number of nitrogens with one attached hydrogen (secondary N) is 2. The molecule has 260 valence electrons. The highest BCUT2D eigenvalue weighted by molar-refractivity contribution is 8.00. The number of rotatable bonds is 12. The minimum Gasteiger partial charge on any atom is -0.493 e. The minimum atomic E-state index is -0.616. The monoisotopic (exact) mass is 711 g/mol. The van der Waals surface area contributed by atoms with Crippen LogP contribution >= 0.6 is 11.8 Å². The highest BCUT2D eigenvalue weighted by atomic mass is 32.2. The molecule has 1 saturated heterocycles. The van der Waals surface area contributed by atoms with E-state index >= 15 is 0 Å². The second kappa shape index (κ2) is 16.5. The highest BCUT2D eigenvalue weighted by Gasteiger charge is 2.40. The van der Waals surface area contributed by atoms with Gasteiger partial charge in [-0.3, -0.25) is 19.2 Å². The number of methoxy groups -OCH3 is 2. The SMILES string of the molecule is COc1ccc(C=C(NC(=O)c2ccccc2)C(=O)Nc2ccc(SC3CC(=O)N(c4ccc(N=Nc5ccccc5)cc4)C3=O)cc2)cc1OC. The third kappa shape index (κ3) is 8.60. The molecule has 12 heteroatoms. The predicted octanol–water partition coefficient (Wildman–Crippen LogP) is 7.95. The molecule has 0 bridgehead atoms. The largest absolute Gasteiger partial charge is 0.493 e. The van der Waals surface area contributed by atoms with Gasteiger partial charge in [-0.2, -0.15) is 10.2 Å². The van der Waals surface area contributed by atoms with Gasteiger partial charge in [0, 0.05) is 22.6 Å². The van der Waals surface area contributed by atoms with E-state index in [9.17, 15) is 19.2 Å². The van der Waals surface area contributed by atoms with Crippen LogP contribution in [0.15, 0.2) is 148 Å². The molecule has 11 nitrogen and oxygen atoms in total. The maximum Gasteiger partial charge on any atom is 0.272 e. The molecule has 1 unspecified atom stereocenters. The van der Waals surface area contributed by atoms with E-state index in [4.69, 9.17) is 9.47 Å². The number of thioether (sulfide) groups is 1. The average Bonchev–Trinajstić information content (AvgIpc) is 3.46. The Hall–Kier alpha value is -6.53. The van der Waals surface area contributed by atoms with Crippen LogP contribution in [0.2, 0.25) is 0 Å². The van der Waals surface area contributed by atoms with Gasteiger partial charge in [-0.1, -0.05) is 42.5 Å². The molecule has 2 N–H and O–H groups in total. The van der Waals surface area contributed by atoms with Crippen molar-refractivity contribution in [1.29, 1.82) is 0 Å². The average molecular weight is 712 g/mol. The quantitative estimate of drug-likeness (QED) is 0.0761. The molecule has 5 aromatic rings. The van der Waals surface area contributed by atoms with Crippen molar-refractivity contribution in [2.75, 3.05) is 24.4 Å². The summed E-state index contributed by atoms with van der Waals surface area (Å²) in [6.45, 7) is 0. The Bertz CT molecular complexity index is 2140. The maximum absolute atomic E-state index is 13.5. The number of nitrogens with zero attached hydrogens (tertiary/aromatic N) is 3. The van der Waals surface area contributed by atoms with Crippen LogP contribution in [0.25, 0.3) is 6.08 Å². The third-order valence-electron chi connectivity index (χ3n) is 7.89. The molecule has 1 atom stereocenters. The van der Waals surface area contributed by atoms with E-state index in [1.54, 1.807) is 103 Å². The summed E-state index contributed by atoms with van der Waals surface area (Å²) in [5, 5.41) is 13.3. The summed E-state index contributed by atoms with van der Waals surface area (Å²) < 4.78 is 10.7. The van der Waals surface area contributed by atoms with Crippen LogP contribution in [-0.2, 0) is 14.4 Å². The number of imide groups is 1. The zero-order chi connectivity index (χ0) is 36.5. The Morgan fingerprint density at radius 2 is 1.40 bits per heavy atom. The molecule has 0 spiro atoms. The number of anilines is 2. The fourth-order valence-corrected chi connectivity index (χ4v) is 6.33. The molecule has 0 radical (unpaired) electrons. The van der Waals surface area contributed by atoms with Crippen molar-refractivity contribution in [2.45, 2.75) is 16.6 Å². The second-order valence-electron chi connectivity index (χ2n) is 11.4. The number of hydrogen-bond donors (Lipinski definition) is 2. The molecule has 0 aromatic heterocycles. The van der Waals surface area contributed by atoms with Gasteiger partial charge >= 0.3 is 0 Å². The van der Waals surface area contributed by atoms with Crippen molar-refractivity contribution in [2.24, 2.45) is 10.2 Å². The Morgan fingerprint density at radius 3 is 2.06 bits per heavy atom. The first kappa shape index (κ1) is 35.3. The molecule has 1 aliphatic rings. The molecule has 5 aromatic carbocycles.